The topological polar surface area (TPSA) is 101 Å². The molecule has 0 atom stereocenters. The smallest absolute Gasteiger partial charge is 0.273 e. The van der Waals surface area contributed by atoms with Gasteiger partial charge in [-0.3, -0.25) is 9.59 Å². The van der Waals surface area contributed by atoms with Gasteiger partial charge in [0.15, 0.2) is 5.69 Å². The zero-order valence-corrected chi connectivity index (χ0v) is 16.9. The summed E-state index contributed by atoms with van der Waals surface area (Å²) in [6.07, 6.45) is 2.65. The molecule has 1 saturated heterocycles. The van der Waals surface area contributed by atoms with Crippen LogP contribution in [0.4, 0.5) is 0 Å². The average Bonchev–Trinajstić information content (AvgIpc) is 3.32. The third-order valence-corrected chi connectivity index (χ3v) is 5.34. The Labute approximate surface area is 168 Å². The highest BCUT2D eigenvalue weighted by molar-refractivity contribution is 7.12. The van der Waals surface area contributed by atoms with Crippen molar-refractivity contribution in [3.63, 3.8) is 0 Å². The maximum atomic E-state index is 12.3. The number of nitrogens with zero attached hydrogens (tertiary/aromatic N) is 3. The fraction of sp³-hybridized carbons (Fsp3) is 0.529. The second-order valence-corrected chi connectivity index (χ2v) is 7.24. The Morgan fingerprint density at radius 1 is 1.26 bits per heavy atom. The summed E-state index contributed by atoms with van der Waals surface area (Å²) in [5, 5.41) is 19.1. The van der Waals surface area contributed by atoms with Crippen LogP contribution in [0.5, 0.6) is 0 Å². The van der Waals surface area contributed by atoms with Crippen molar-refractivity contribution in [1.82, 2.24) is 30.9 Å². The van der Waals surface area contributed by atoms with E-state index < -0.39 is 0 Å². The number of nitrogens with one attached hydrogen (secondary N) is 3. The molecule has 0 unspecified atom stereocenters. The van der Waals surface area contributed by atoms with Crippen LogP contribution in [-0.4, -0.2) is 53.0 Å². The molecular weight excluding hydrogens is 388 g/mol. The first-order chi connectivity index (χ1) is 12.7. The van der Waals surface area contributed by atoms with Crippen molar-refractivity contribution < 1.29 is 9.59 Å². The summed E-state index contributed by atoms with van der Waals surface area (Å²) < 4.78 is 1.87. The quantitative estimate of drug-likeness (QED) is 0.599. The first-order valence-electron chi connectivity index (χ1n) is 8.89. The van der Waals surface area contributed by atoms with Gasteiger partial charge in [0.1, 0.15) is 0 Å². The molecule has 3 rings (SSSR count). The van der Waals surface area contributed by atoms with E-state index in [2.05, 4.69) is 26.3 Å². The average molecular weight is 413 g/mol. The van der Waals surface area contributed by atoms with Crippen molar-refractivity contribution in [3.05, 3.63) is 33.8 Å². The van der Waals surface area contributed by atoms with Gasteiger partial charge in [-0.05, 0) is 50.7 Å². The summed E-state index contributed by atoms with van der Waals surface area (Å²) in [5.74, 6) is -0.292. The van der Waals surface area contributed by atoms with Gasteiger partial charge in [-0.25, -0.2) is 4.68 Å². The predicted octanol–water partition coefficient (Wildman–Crippen LogP) is 1.54. The molecule has 10 heteroatoms. The lowest BCUT2D eigenvalue weighted by Gasteiger charge is -2.23. The number of amides is 2. The van der Waals surface area contributed by atoms with Crippen molar-refractivity contribution in [1.29, 1.82) is 0 Å². The van der Waals surface area contributed by atoms with E-state index in [4.69, 9.17) is 0 Å². The lowest BCUT2D eigenvalue weighted by Crippen LogP contribution is -2.31. The first-order valence-corrected chi connectivity index (χ1v) is 9.77. The van der Waals surface area contributed by atoms with Crippen molar-refractivity contribution in [2.45, 2.75) is 32.2 Å². The summed E-state index contributed by atoms with van der Waals surface area (Å²) in [6.45, 7) is 4.80. The lowest BCUT2D eigenvalue weighted by molar-refractivity contribution is 0.0947. The number of rotatable bonds is 7. The van der Waals surface area contributed by atoms with Crippen molar-refractivity contribution in [3.8, 4) is 0 Å². The third-order valence-electron chi connectivity index (χ3n) is 4.47. The number of halogens is 1. The Balaban J connectivity index is 0.00000261. The highest BCUT2D eigenvalue weighted by Crippen LogP contribution is 2.20. The van der Waals surface area contributed by atoms with E-state index in [9.17, 15) is 9.59 Å². The molecule has 1 aliphatic rings. The van der Waals surface area contributed by atoms with Crippen LogP contribution in [0.25, 0.3) is 0 Å². The van der Waals surface area contributed by atoms with Crippen LogP contribution in [0.15, 0.2) is 17.5 Å². The van der Waals surface area contributed by atoms with E-state index >= 15 is 0 Å². The highest BCUT2D eigenvalue weighted by atomic mass is 35.5. The Morgan fingerprint density at radius 3 is 2.63 bits per heavy atom. The van der Waals surface area contributed by atoms with Gasteiger partial charge in [-0.15, -0.1) is 28.8 Å². The molecule has 2 amide bonds. The van der Waals surface area contributed by atoms with E-state index in [1.165, 1.54) is 11.3 Å². The molecular formula is C17H25ClN6O2S. The third kappa shape index (κ3) is 5.50. The van der Waals surface area contributed by atoms with Crippen molar-refractivity contribution in [2.75, 3.05) is 26.2 Å². The van der Waals surface area contributed by atoms with Gasteiger partial charge in [0.05, 0.1) is 16.6 Å². The van der Waals surface area contributed by atoms with Gasteiger partial charge in [0.2, 0.25) is 0 Å². The lowest BCUT2D eigenvalue weighted by atomic mass is 10.1. The summed E-state index contributed by atoms with van der Waals surface area (Å²) in [7, 11) is 0. The largest absolute Gasteiger partial charge is 0.351 e. The van der Waals surface area contributed by atoms with Crippen molar-refractivity contribution >= 4 is 35.6 Å². The van der Waals surface area contributed by atoms with Crippen LogP contribution in [0.1, 0.15) is 51.2 Å². The molecule has 0 aliphatic carbocycles. The molecule has 3 N–H and O–H groups in total. The Kier molecular flexibility index (Phi) is 8.21. The molecule has 2 aromatic rings. The van der Waals surface area contributed by atoms with E-state index in [1.54, 1.807) is 6.07 Å². The normalized spacial score (nSPS) is 14.4. The molecule has 148 valence electrons. The van der Waals surface area contributed by atoms with Gasteiger partial charge >= 0.3 is 0 Å². The molecule has 2 aromatic heterocycles. The molecule has 27 heavy (non-hydrogen) atoms. The van der Waals surface area contributed by atoms with Crippen LogP contribution >= 0.6 is 23.7 Å². The summed E-state index contributed by atoms with van der Waals surface area (Å²) in [5.41, 5.74) is 1.19. The zero-order valence-electron chi connectivity index (χ0n) is 15.2. The van der Waals surface area contributed by atoms with Crippen LogP contribution in [-0.2, 0) is 0 Å². The van der Waals surface area contributed by atoms with Crippen molar-refractivity contribution in [2.24, 2.45) is 0 Å². The second-order valence-electron chi connectivity index (χ2n) is 6.29. The maximum absolute atomic E-state index is 12.3. The fourth-order valence-electron chi connectivity index (χ4n) is 3.02. The zero-order chi connectivity index (χ0) is 18.4. The minimum absolute atomic E-state index is 0. The van der Waals surface area contributed by atoms with Crippen LogP contribution in [0.3, 0.4) is 0 Å². The summed E-state index contributed by atoms with van der Waals surface area (Å²) in [6, 6.07) is 3.94. The minimum Gasteiger partial charge on any atom is -0.351 e. The fourth-order valence-corrected chi connectivity index (χ4v) is 3.66. The molecule has 0 spiro atoms. The predicted molar refractivity (Wildman–Crippen MR) is 107 cm³/mol. The number of thiophene rings is 1. The molecule has 3 heterocycles. The van der Waals surface area contributed by atoms with Crippen LogP contribution < -0.4 is 16.0 Å². The van der Waals surface area contributed by atoms with Crippen LogP contribution in [0, 0.1) is 6.92 Å². The van der Waals surface area contributed by atoms with E-state index in [0.29, 0.717) is 36.1 Å². The summed E-state index contributed by atoms with van der Waals surface area (Å²) >= 11 is 1.41. The van der Waals surface area contributed by atoms with Crippen LogP contribution in [0.2, 0.25) is 0 Å². The standard InChI is InChI=1S/C17H24N6O2S.ClH/c1-12-15(21-22-23(12)13-5-9-18-10-6-13)17(25)20-8-3-7-19-16(24)14-4-2-11-26-14;/h2,4,11,13,18H,3,5-10H2,1H3,(H,19,24)(H,20,25);1H. The number of aromatic nitrogens is 3. The Hall–Kier alpha value is -1.97. The highest BCUT2D eigenvalue weighted by Gasteiger charge is 2.22. The number of carbonyl (C=O) groups excluding carboxylic acids is 2. The van der Waals surface area contributed by atoms with E-state index in [1.807, 2.05) is 23.1 Å². The first kappa shape index (κ1) is 21.3. The molecule has 0 aromatic carbocycles. The Morgan fingerprint density at radius 2 is 1.96 bits per heavy atom. The van der Waals surface area contributed by atoms with E-state index in [-0.39, 0.29) is 24.2 Å². The minimum atomic E-state index is -0.215. The second kappa shape index (κ2) is 10.4. The van der Waals surface area contributed by atoms with Gasteiger partial charge in [0.25, 0.3) is 11.8 Å². The number of hydrogen-bond donors (Lipinski definition) is 3. The molecule has 1 aliphatic heterocycles. The van der Waals surface area contributed by atoms with E-state index in [0.717, 1.165) is 31.6 Å². The summed E-state index contributed by atoms with van der Waals surface area (Å²) in [4.78, 5) is 24.8. The SMILES string of the molecule is Cc1c(C(=O)NCCCNC(=O)c2cccs2)nnn1C1CCNCC1.Cl. The molecule has 0 bridgehead atoms. The molecule has 1 fully saturated rings. The monoisotopic (exact) mass is 412 g/mol. The molecule has 0 saturated carbocycles. The van der Waals surface area contributed by atoms with Gasteiger partial charge in [0, 0.05) is 13.1 Å². The number of piperidine rings is 1. The Bertz CT molecular complexity index is 743. The van der Waals surface area contributed by atoms with Gasteiger partial charge < -0.3 is 16.0 Å². The van der Waals surface area contributed by atoms with Gasteiger partial charge in [-0.2, -0.15) is 0 Å². The molecule has 0 radical (unpaired) electrons. The molecule has 8 nitrogen and oxygen atoms in total. The maximum Gasteiger partial charge on any atom is 0.273 e. The van der Waals surface area contributed by atoms with Gasteiger partial charge in [-0.1, -0.05) is 11.3 Å². The number of hydrogen-bond acceptors (Lipinski definition) is 6. The number of carbonyl (C=O) groups is 2.